The lowest BCUT2D eigenvalue weighted by Crippen LogP contribution is -2.38. The van der Waals surface area contributed by atoms with E-state index in [-0.39, 0.29) is 11.9 Å². The summed E-state index contributed by atoms with van der Waals surface area (Å²) in [5.74, 6) is -0.0356. The van der Waals surface area contributed by atoms with Crippen molar-refractivity contribution in [1.82, 2.24) is 4.90 Å². The van der Waals surface area contributed by atoms with Gasteiger partial charge in [0.15, 0.2) is 0 Å². The van der Waals surface area contributed by atoms with Crippen LogP contribution in [-0.2, 0) is 27.1 Å². The van der Waals surface area contributed by atoms with Gasteiger partial charge in [-0.05, 0) is 24.0 Å². The fourth-order valence-electron chi connectivity index (χ4n) is 2.94. The first kappa shape index (κ1) is 13.6. The van der Waals surface area contributed by atoms with Crippen molar-refractivity contribution in [1.29, 1.82) is 0 Å². The smallest absolute Gasteiger partial charge is 0.309 e. The molecule has 20 heavy (non-hydrogen) atoms. The number of hydrogen-bond acceptors (Lipinski definition) is 4. The summed E-state index contributed by atoms with van der Waals surface area (Å²) in [4.78, 5) is 14.4. The van der Waals surface area contributed by atoms with Crippen LogP contribution in [0.1, 0.15) is 11.1 Å². The predicted molar refractivity (Wildman–Crippen MR) is 75.6 cm³/mol. The topological polar surface area (TPSA) is 38.8 Å². The second-order valence-electron chi connectivity index (χ2n) is 5.50. The molecule has 0 atom stereocenters. The van der Waals surface area contributed by atoms with Gasteiger partial charge in [0.25, 0.3) is 0 Å². The van der Waals surface area contributed by atoms with Gasteiger partial charge >= 0.3 is 5.97 Å². The van der Waals surface area contributed by atoms with Crippen LogP contribution in [0.5, 0.6) is 0 Å². The monoisotopic (exact) mass is 275 g/mol. The quantitative estimate of drug-likeness (QED) is 0.776. The first-order chi connectivity index (χ1) is 9.83. The van der Waals surface area contributed by atoms with Gasteiger partial charge in [-0.15, -0.1) is 0 Å². The van der Waals surface area contributed by atoms with Gasteiger partial charge in [-0.3, -0.25) is 9.69 Å². The van der Waals surface area contributed by atoms with E-state index in [1.807, 2.05) is 12.1 Å². The maximum Gasteiger partial charge on any atom is 0.309 e. The lowest BCUT2D eigenvalue weighted by Gasteiger charge is -2.26. The molecule has 0 unspecified atom stereocenters. The largest absolute Gasteiger partial charge is 0.464 e. The Morgan fingerprint density at radius 1 is 1.20 bits per heavy atom. The summed E-state index contributed by atoms with van der Waals surface area (Å²) in [5, 5.41) is 0. The molecule has 0 aromatic heterocycles. The minimum absolute atomic E-state index is 0.0112. The second-order valence-corrected chi connectivity index (χ2v) is 5.50. The molecule has 1 saturated heterocycles. The Balaban J connectivity index is 1.42. The van der Waals surface area contributed by atoms with Crippen LogP contribution in [0.2, 0.25) is 0 Å². The van der Waals surface area contributed by atoms with Crippen LogP contribution in [0.15, 0.2) is 24.3 Å². The second kappa shape index (κ2) is 6.37. The maximum absolute atomic E-state index is 12.1. The summed E-state index contributed by atoms with van der Waals surface area (Å²) in [7, 11) is 0. The van der Waals surface area contributed by atoms with Crippen LogP contribution >= 0.6 is 0 Å². The Morgan fingerprint density at radius 3 is 2.50 bits per heavy atom. The van der Waals surface area contributed by atoms with E-state index >= 15 is 0 Å². The zero-order valence-corrected chi connectivity index (χ0v) is 11.7. The third-order valence-electron chi connectivity index (χ3n) is 4.14. The summed E-state index contributed by atoms with van der Waals surface area (Å²) in [6.07, 6.45) is 1.65. The Hall–Kier alpha value is -1.39. The number of carbonyl (C=O) groups excluding carboxylic acids is 1. The highest BCUT2D eigenvalue weighted by Crippen LogP contribution is 2.27. The Morgan fingerprint density at radius 2 is 1.85 bits per heavy atom. The number of morpholine rings is 1. The summed E-state index contributed by atoms with van der Waals surface area (Å²) in [6.45, 7) is 4.75. The molecule has 0 radical (unpaired) electrons. The minimum atomic E-state index is -0.0468. The summed E-state index contributed by atoms with van der Waals surface area (Å²) < 4.78 is 10.7. The number of hydrogen-bond donors (Lipinski definition) is 0. The number of nitrogens with zero attached hydrogens (tertiary/aromatic N) is 1. The van der Waals surface area contributed by atoms with Crippen molar-refractivity contribution in [2.24, 2.45) is 5.92 Å². The molecule has 1 fully saturated rings. The van der Waals surface area contributed by atoms with Gasteiger partial charge in [-0.25, -0.2) is 0 Å². The van der Waals surface area contributed by atoms with Gasteiger partial charge in [-0.2, -0.15) is 0 Å². The van der Waals surface area contributed by atoms with Crippen molar-refractivity contribution in [3.05, 3.63) is 35.4 Å². The molecular weight excluding hydrogens is 254 g/mol. The number of rotatable bonds is 4. The number of fused-ring (bicyclic) bond motifs is 1. The molecule has 2 aliphatic rings. The molecule has 1 aromatic carbocycles. The van der Waals surface area contributed by atoms with E-state index in [9.17, 15) is 4.79 Å². The molecule has 108 valence electrons. The Bertz CT molecular complexity index is 444. The first-order valence-corrected chi connectivity index (χ1v) is 7.36. The third kappa shape index (κ3) is 3.19. The average Bonchev–Trinajstić information content (AvgIpc) is 2.92. The first-order valence-electron chi connectivity index (χ1n) is 7.36. The number of ether oxygens (including phenoxy) is 2. The van der Waals surface area contributed by atoms with Crippen molar-refractivity contribution in [2.45, 2.75) is 12.8 Å². The number of esters is 1. The maximum atomic E-state index is 12.1. The van der Waals surface area contributed by atoms with E-state index in [1.165, 1.54) is 11.1 Å². The number of benzene rings is 1. The molecular formula is C16H21NO3. The summed E-state index contributed by atoms with van der Waals surface area (Å²) in [6, 6.07) is 8.28. The van der Waals surface area contributed by atoms with Crippen LogP contribution in [0.4, 0.5) is 0 Å². The molecule has 4 nitrogen and oxygen atoms in total. The molecule has 1 aromatic rings. The minimum Gasteiger partial charge on any atom is -0.464 e. The lowest BCUT2D eigenvalue weighted by atomic mass is 10.1. The summed E-state index contributed by atoms with van der Waals surface area (Å²) in [5.41, 5.74) is 2.59. The summed E-state index contributed by atoms with van der Waals surface area (Å²) >= 11 is 0. The van der Waals surface area contributed by atoms with E-state index in [0.29, 0.717) is 6.61 Å². The molecule has 0 spiro atoms. The highest BCUT2D eigenvalue weighted by molar-refractivity contribution is 5.74. The number of carbonyl (C=O) groups is 1. The van der Waals surface area contributed by atoms with Gasteiger partial charge in [0.1, 0.15) is 6.61 Å². The lowest BCUT2D eigenvalue weighted by molar-refractivity contribution is -0.148. The van der Waals surface area contributed by atoms with Crippen molar-refractivity contribution in [3.8, 4) is 0 Å². The van der Waals surface area contributed by atoms with Gasteiger partial charge in [0.05, 0.1) is 19.1 Å². The molecule has 0 N–H and O–H groups in total. The predicted octanol–water partition coefficient (Wildman–Crippen LogP) is 1.28. The van der Waals surface area contributed by atoms with Crippen molar-refractivity contribution >= 4 is 5.97 Å². The molecule has 4 heteroatoms. The van der Waals surface area contributed by atoms with Crippen molar-refractivity contribution < 1.29 is 14.3 Å². The van der Waals surface area contributed by atoms with Crippen molar-refractivity contribution in [3.63, 3.8) is 0 Å². The van der Waals surface area contributed by atoms with Crippen LogP contribution in [-0.4, -0.2) is 50.3 Å². The molecule has 1 aliphatic carbocycles. The van der Waals surface area contributed by atoms with Gasteiger partial charge in [0, 0.05) is 19.6 Å². The zero-order chi connectivity index (χ0) is 13.8. The molecule has 0 saturated carbocycles. The van der Waals surface area contributed by atoms with Gasteiger partial charge in [-0.1, -0.05) is 24.3 Å². The van der Waals surface area contributed by atoms with E-state index < -0.39 is 0 Å². The van der Waals surface area contributed by atoms with Crippen molar-refractivity contribution in [2.75, 3.05) is 39.5 Å². The van der Waals surface area contributed by atoms with Gasteiger partial charge in [0.2, 0.25) is 0 Å². The highest BCUT2D eigenvalue weighted by atomic mass is 16.5. The molecule has 1 aliphatic heterocycles. The average molecular weight is 275 g/mol. The standard InChI is InChI=1S/C16H21NO3/c18-16(20-10-7-17-5-8-19-9-6-17)15-11-13-3-1-2-4-14(13)12-15/h1-4,15H,5-12H2. The molecule has 0 bridgehead atoms. The van der Waals surface area contributed by atoms with E-state index in [2.05, 4.69) is 17.0 Å². The highest BCUT2D eigenvalue weighted by Gasteiger charge is 2.28. The third-order valence-corrected chi connectivity index (χ3v) is 4.14. The molecule has 1 heterocycles. The van der Waals surface area contributed by atoms with Crippen LogP contribution in [0.25, 0.3) is 0 Å². The Kier molecular flexibility index (Phi) is 4.33. The van der Waals surface area contributed by atoms with E-state index in [4.69, 9.17) is 9.47 Å². The Labute approximate surface area is 119 Å². The molecule has 3 rings (SSSR count). The van der Waals surface area contributed by atoms with E-state index in [1.54, 1.807) is 0 Å². The SMILES string of the molecule is O=C(OCCN1CCOCC1)C1Cc2ccccc2C1. The normalized spacial score (nSPS) is 19.8. The van der Waals surface area contributed by atoms with Gasteiger partial charge < -0.3 is 9.47 Å². The van der Waals surface area contributed by atoms with Crippen LogP contribution in [0, 0.1) is 5.92 Å². The van der Waals surface area contributed by atoms with E-state index in [0.717, 1.165) is 45.7 Å². The fourth-order valence-corrected chi connectivity index (χ4v) is 2.94. The van der Waals surface area contributed by atoms with Crippen LogP contribution in [0.3, 0.4) is 0 Å². The molecule has 0 amide bonds. The van der Waals surface area contributed by atoms with Crippen LogP contribution < -0.4 is 0 Å². The zero-order valence-electron chi connectivity index (χ0n) is 11.7. The fraction of sp³-hybridized carbons (Fsp3) is 0.562.